The summed E-state index contributed by atoms with van der Waals surface area (Å²) in [4.78, 5) is 0. The van der Waals surface area contributed by atoms with Gasteiger partial charge in [0.1, 0.15) is 13.1 Å². The van der Waals surface area contributed by atoms with Crippen LogP contribution in [0.15, 0.2) is 0 Å². The summed E-state index contributed by atoms with van der Waals surface area (Å²) in [5.74, 6) is 0. The van der Waals surface area contributed by atoms with Gasteiger partial charge in [0.05, 0.1) is 0 Å². The van der Waals surface area contributed by atoms with Crippen molar-refractivity contribution in [3.63, 3.8) is 0 Å². The summed E-state index contributed by atoms with van der Waals surface area (Å²) < 4.78 is 2.56. The van der Waals surface area contributed by atoms with Crippen molar-refractivity contribution < 1.29 is 9.28 Å². The zero-order valence-electron chi connectivity index (χ0n) is 7.57. The molecule has 0 radical (unpaired) electrons. The predicted molar refractivity (Wildman–Crippen MR) is 44.8 cm³/mol. The Balaban J connectivity index is 0.000001000. The van der Waals surface area contributed by atoms with E-state index in [4.69, 9.17) is 0 Å². The minimum Gasteiger partial charge on any atom is -1.00 e. The molecule has 1 aliphatic rings. The molecule has 0 N–H and O–H groups in total. The van der Waals surface area contributed by atoms with Crippen LogP contribution in [0.2, 0.25) is 0 Å². The first kappa shape index (κ1) is 10.6. The van der Waals surface area contributed by atoms with Crippen molar-refractivity contribution in [3.05, 3.63) is 0 Å². The molecule has 0 aromatic rings. The fraction of sp³-hybridized carbons (Fsp3) is 0.889. The average molecular weight is 159 g/mol. The maximum atomic E-state index is 2.56. The second-order valence-electron chi connectivity index (χ2n) is 3.01. The van der Waals surface area contributed by atoms with Gasteiger partial charge in [-0.1, -0.05) is 13.8 Å². The van der Waals surface area contributed by atoms with E-state index in [0.29, 0.717) is 0 Å². The third-order valence-electron chi connectivity index (χ3n) is 2.24. The molecule has 66 valence electrons. The quantitative estimate of drug-likeness (QED) is 0.468. The lowest BCUT2D eigenvalue weighted by atomic mass is 10.2. The van der Waals surface area contributed by atoms with E-state index in [1.807, 2.05) is 0 Å². The van der Waals surface area contributed by atoms with Crippen LogP contribution >= 0.6 is 0 Å². The molecule has 0 saturated carbocycles. The number of rotatable bonds is 3. The van der Waals surface area contributed by atoms with Crippen LogP contribution < -0.4 is 4.70 Å². The van der Waals surface area contributed by atoms with E-state index < -0.39 is 0 Å². The fourth-order valence-corrected chi connectivity index (χ4v) is 1.73. The maximum absolute atomic E-state index is 2.56. The van der Waals surface area contributed by atoms with Gasteiger partial charge in [-0.3, -0.25) is 0 Å². The molecular weight excluding hydrogens is 141 g/mol. The van der Waals surface area contributed by atoms with Crippen LogP contribution in [-0.4, -0.2) is 23.4 Å². The van der Waals surface area contributed by atoms with E-state index in [-0.39, 0.29) is 4.70 Å². The Morgan fingerprint density at radius 3 is 2.64 bits per heavy atom. The molecule has 0 fully saturated rings. The molecule has 0 saturated heterocycles. The molecule has 0 atom stereocenters. The third-order valence-corrected chi connectivity index (χ3v) is 2.24. The summed E-state index contributed by atoms with van der Waals surface area (Å²) in [7, 11) is 0. The summed E-state index contributed by atoms with van der Waals surface area (Å²) in [6, 6.07) is 0. The Morgan fingerprint density at radius 1 is 1.36 bits per heavy atom. The number of nitrogens with zero attached hydrogens (tertiary/aromatic N) is 1. The van der Waals surface area contributed by atoms with E-state index in [1.54, 1.807) is 5.71 Å². The first-order chi connectivity index (χ1) is 4.88. The Kier molecular flexibility index (Phi) is 5.08. The monoisotopic (exact) mass is 159 g/mol. The van der Waals surface area contributed by atoms with Crippen molar-refractivity contribution in [1.82, 2.24) is 0 Å². The van der Waals surface area contributed by atoms with Crippen molar-refractivity contribution >= 4 is 5.71 Å². The van der Waals surface area contributed by atoms with Crippen LogP contribution in [0.3, 0.4) is 0 Å². The maximum Gasteiger partial charge on any atom is 0.152 e. The Bertz CT molecular complexity index is 140. The summed E-state index contributed by atoms with van der Waals surface area (Å²) in [5.41, 5.74) is 1.68. The smallest absolute Gasteiger partial charge is 0.152 e. The van der Waals surface area contributed by atoms with Crippen LogP contribution in [0.1, 0.15) is 39.5 Å². The molecule has 0 aromatic carbocycles. The largest absolute Gasteiger partial charge is 1.00 e. The molecule has 0 spiro atoms. The molecule has 1 rings (SSSR count). The Morgan fingerprint density at radius 2 is 2.09 bits per heavy atom. The Hall–Kier alpha value is -0.400. The van der Waals surface area contributed by atoms with Crippen LogP contribution in [0.25, 0.3) is 0 Å². The van der Waals surface area contributed by atoms with Gasteiger partial charge >= 0.3 is 0 Å². The van der Waals surface area contributed by atoms with Gasteiger partial charge in [0.15, 0.2) is 5.71 Å². The number of hydrogen-bond acceptors (Lipinski definition) is 0. The molecule has 11 heavy (non-hydrogen) atoms. The number of hydrogen-bond donors (Lipinski definition) is 0. The molecular formula is C9H18FN. The minimum atomic E-state index is 0. The highest BCUT2D eigenvalue weighted by Gasteiger charge is 2.18. The van der Waals surface area contributed by atoms with Gasteiger partial charge in [-0.2, -0.15) is 0 Å². The molecule has 0 amide bonds. The lowest BCUT2D eigenvalue weighted by Crippen LogP contribution is -3.00. The van der Waals surface area contributed by atoms with Crippen LogP contribution in [0.4, 0.5) is 0 Å². The van der Waals surface area contributed by atoms with Crippen LogP contribution in [-0.2, 0) is 0 Å². The van der Waals surface area contributed by atoms with E-state index >= 15 is 0 Å². The highest BCUT2D eigenvalue weighted by molar-refractivity contribution is 5.80. The third kappa shape index (κ3) is 2.60. The highest BCUT2D eigenvalue weighted by Crippen LogP contribution is 2.07. The van der Waals surface area contributed by atoms with Crippen molar-refractivity contribution in [2.75, 3.05) is 13.1 Å². The second kappa shape index (κ2) is 5.28. The van der Waals surface area contributed by atoms with E-state index in [0.717, 1.165) is 0 Å². The lowest BCUT2D eigenvalue weighted by molar-refractivity contribution is -0.520. The SMILES string of the molecule is CCC[N+]1=C(CC)CCC1.[F-]. The molecule has 1 nitrogen and oxygen atoms in total. The molecule has 0 aromatic heterocycles. The summed E-state index contributed by atoms with van der Waals surface area (Å²) in [6.45, 7) is 7.12. The topological polar surface area (TPSA) is 3.01 Å². The van der Waals surface area contributed by atoms with Gasteiger partial charge in [-0.05, 0) is 0 Å². The zero-order valence-corrected chi connectivity index (χ0v) is 7.57. The van der Waals surface area contributed by atoms with Gasteiger partial charge in [0.2, 0.25) is 0 Å². The zero-order chi connectivity index (χ0) is 7.40. The molecule has 0 bridgehead atoms. The van der Waals surface area contributed by atoms with E-state index in [9.17, 15) is 0 Å². The predicted octanol–water partition coefficient (Wildman–Crippen LogP) is -0.942. The number of halogens is 1. The first-order valence-electron chi connectivity index (χ1n) is 4.48. The molecule has 1 aliphatic heterocycles. The van der Waals surface area contributed by atoms with Crippen molar-refractivity contribution in [2.45, 2.75) is 39.5 Å². The van der Waals surface area contributed by atoms with Crippen molar-refractivity contribution in [3.8, 4) is 0 Å². The van der Waals surface area contributed by atoms with Gasteiger partial charge < -0.3 is 4.70 Å². The minimum absolute atomic E-state index is 0. The fourth-order valence-electron chi connectivity index (χ4n) is 1.73. The highest BCUT2D eigenvalue weighted by atomic mass is 19.0. The van der Waals surface area contributed by atoms with Crippen LogP contribution in [0, 0.1) is 0 Å². The lowest BCUT2D eigenvalue weighted by Gasteiger charge is -1.96. The van der Waals surface area contributed by atoms with Gasteiger partial charge in [-0.15, -0.1) is 0 Å². The van der Waals surface area contributed by atoms with E-state index in [1.165, 1.54) is 38.8 Å². The second-order valence-corrected chi connectivity index (χ2v) is 3.01. The molecule has 1 heterocycles. The summed E-state index contributed by atoms with van der Waals surface area (Å²) in [6.07, 6.45) is 5.31. The van der Waals surface area contributed by atoms with Crippen molar-refractivity contribution in [1.29, 1.82) is 0 Å². The molecule has 0 aliphatic carbocycles. The van der Waals surface area contributed by atoms with E-state index in [2.05, 4.69) is 18.4 Å². The first-order valence-corrected chi connectivity index (χ1v) is 4.48. The van der Waals surface area contributed by atoms with Gasteiger partial charge in [0.25, 0.3) is 0 Å². The van der Waals surface area contributed by atoms with Gasteiger partial charge in [-0.25, -0.2) is 4.58 Å². The normalized spacial score (nSPS) is 16.9. The average Bonchev–Trinajstić information content (AvgIpc) is 2.36. The Labute approximate surface area is 68.5 Å². The standard InChI is InChI=1S/C9H18N.FH/c1-3-7-10-8-5-6-9(10)4-2;/h3-8H2,1-2H3;1H/q+1;/p-1. The van der Waals surface area contributed by atoms with Crippen LogP contribution in [0.5, 0.6) is 0 Å². The summed E-state index contributed by atoms with van der Waals surface area (Å²) in [5, 5.41) is 0. The molecule has 2 heteroatoms. The van der Waals surface area contributed by atoms with Gasteiger partial charge in [0, 0.05) is 25.7 Å². The summed E-state index contributed by atoms with van der Waals surface area (Å²) >= 11 is 0. The molecule has 0 unspecified atom stereocenters. The van der Waals surface area contributed by atoms with Crippen molar-refractivity contribution in [2.24, 2.45) is 0 Å².